The normalized spacial score (nSPS) is 15.0. The lowest BCUT2D eigenvalue weighted by Gasteiger charge is -2.30. The second-order valence-electron chi connectivity index (χ2n) is 6.28. The van der Waals surface area contributed by atoms with E-state index in [1.807, 2.05) is 13.0 Å². The van der Waals surface area contributed by atoms with Crippen LogP contribution in [0.2, 0.25) is 0 Å². The summed E-state index contributed by atoms with van der Waals surface area (Å²) in [6.45, 7) is 5.03. The van der Waals surface area contributed by atoms with Crippen LogP contribution in [0.5, 0.6) is 0 Å². The predicted molar refractivity (Wildman–Crippen MR) is 95.4 cm³/mol. The van der Waals surface area contributed by atoms with Crippen molar-refractivity contribution in [1.82, 2.24) is 19.6 Å². The number of nitrogens with zero attached hydrogens (tertiary/aromatic N) is 5. The summed E-state index contributed by atoms with van der Waals surface area (Å²) in [5, 5.41) is 7.76. The molecule has 124 valence electrons. The molecule has 6 nitrogen and oxygen atoms in total. The Morgan fingerprint density at radius 1 is 1.12 bits per heavy atom. The van der Waals surface area contributed by atoms with E-state index >= 15 is 0 Å². The number of hydrogen-bond donors (Lipinski definition) is 1. The van der Waals surface area contributed by atoms with Crippen molar-refractivity contribution in [1.29, 1.82) is 0 Å². The zero-order chi connectivity index (χ0) is 16.4. The number of anilines is 2. The maximum Gasteiger partial charge on any atom is 0.254 e. The van der Waals surface area contributed by atoms with Crippen molar-refractivity contribution >= 4 is 17.3 Å². The van der Waals surface area contributed by atoms with Crippen molar-refractivity contribution in [2.75, 3.05) is 23.3 Å². The van der Waals surface area contributed by atoms with Gasteiger partial charge in [0.15, 0.2) is 0 Å². The number of rotatable bonds is 4. The number of piperidine rings is 1. The molecule has 24 heavy (non-hydrogen) atoms. The van der Waals surface area contributed by atoms with Crippen LogP contribution in [-0.4, -0.2) is 32.7 Å². The molecule has 2 aromatic heterocycles. The summed E-state index contributed by atoms with van der Waals surface area (Å²) in [7, 11) is 0. The molecule has 0 atom stereocenters. The minimum atomic E-state index is 0.627. The zero-order valence-corrected chi connectivity index (χ0v) is 13.9. The maximum absolute atomic E-state index is 4.38. The fourth-order valence-corrected chi connectivity index (χ4v) is 3.35. The van der Waals surface area contributed by atoms with Crippen LogP contribution >= 0.6 is 0 Å². The number of nitrogens with one attached hydrogen (secondary N) is 1. The first kappa shape index (κ1) is 14.9. The Bertz CT molecular complexity index is 834. The average molecular weight is 322 g/mol. The van der Waals surface area contributed by atoms with Gasteiger partial charge in [0.2, 0.25) is 0 Å². The van der Waals surface area contributed by atoms with Crippen molar-refractivity contribution in [2.24, 2.45) is 0 Å². The van der Waals surface area contributed by atoms with E-state index in [-0.39, 0.29) is 0 Å². The Morgan fingerprint density at radius 2 is 1.96 bits per heavy atom. The van der Waals surface area contributed by atoms with Gasteiger partial charge in [-0.05, 0) is 37.8 Å². The summed E-state index contributed by atoms with van der Waals surface area (Å²) in [6.07, 6.45) is 5.45. The highest BCUT2D eigenvalue weighted by atomic mass is 15.3. The number of aryl methyl sites for hydroxylation is 1. The minimum absolute atomic E-state index is 0.627. The molecule has 3 heterocycles. The molecule has 1 N–H and O–H groups in total. The van der Waals surface area contributed by atoms with Crippen molar-refractivity contribution in [2.45, 2.75) is 32.7 Å². The van der Waals surface area contributed by atoms with Gasteiger partial charge in [0.05, 0.1) is 0 Å². The van der Waals surface area contributed by atoms with Gasteiger partial charge in [-0.15, -0.1) is 0 Å². The van der Waals surface area contributed by atoms with Crippen molar-refractivity contribution in [3.63, 3.8) is 0 Å². The predicted octanol–water partition coefficient (Wildman–Crippen LogP) is 3.04. The first-order valence-corrected chi connectivity index (χ1v) is 8.55. The van der Waals surface area contributed by atoms with E-state index in [1.165, 1.54) is 36.8 Å². The lowest BCUT2D eigenvalue weighted by molar-refractivity contribution is 0.576. The van der Waals surface area contributed by atoms with Gasteiger partial charge in [-0.2, -0.15) is 14.6 Å². The van der Waals surface area contributed by atoms with E-state index in [2.05, 4.69) is 49.5 Å². The zero-order valence-electron chi connectivity index (χ0n) is 13.9. The molecule has 0 aliphatic carbocycles. The summed E-state index contributed by atoms with van der Waals surface area (Å²) in [5.74, 6) is 1.55. The maximum atomic E-state index is 4.38. The monoisotopic (exact) mass is 322 g/mol. The molecule has 1 saturated heterocycles. The number of aromatic nitrogens is 4. The Hall–Kier alpha value is -2.63. The van der Waals surface area contributed by atoms with Crippen LogP contribution in [-0.2, 0) is 6.54 Å². The van der Waals surface area contributed by atoms with Crippen LogP contribution in [0.1, 0.15) is 30.5 Å². The molecule has 0 spiro atoms. The highest BCUT2D eigenvalue weighted by molar-refractivity contribution is 5.55. The fraction of sp³-hybridized carbons (Fsp3) is 0.389. The standard InChI is InChI=1S/C18H22N6/c1-14-11-17(24-18(22-14)20-13-21-24)19-12-15-7-3-4-8-16(15)23-9-5-2-6-10-23/h3-4,7-8,11,13,19H,2,5-6,9-10,12H2,1H3. The van der Waals surface area contributed by atoms with Crippen molar-refractivity contribution in [3.05, 3.63) is 47.9 Å². The molecule has 3 aromatic rings. The number of hydrogen-bond acceptors (Lipinski definition) is 5. The van der Waals surface area contributed by atoms with Gasteiger partial charge in [0, 0.05) is 37.1 Å². The third-order valence-corrected chi connectivity index (χ3v) is 4.53. The van der Waals surface area contributed by atoms with E-state index < -0.39 is 0 Å². The molecule has 0 radical (unpaired) electrons. The van der Waals surface area contributed by atoms with Crippen LogP contribution in [0.15, 0.2) is 36.7 Å². The Labute approximate surface area is 141 Å². The number of para-hydroxylation sites is 1. The average Bonchev–Trinajstić information content (AvgIpc) is 3.09. The molecule has 4 rings (SSSR count). The molecule has 6 heteroatoms. The quantitative estimate of drug-likeness (QED) is 0.800. The topological polar surface area (TPSA) is 58.4 Å². The van der Waals surface area contributed by atoms with Gasteiger partial charge >= 0.3 is 0 Å². The lowest BCUT2D eigenvalue weighted by Crippen LogP contribution is -2.30. The first-order chi connectivity index (χ1) is 11.8. The van der Waals surface area contributed by atoms with Gasteiger partial charge in [0.25, 0.3) is 5.78 Å². The SMILES string of the molecule is Cc1cc(NCc2ccccc2N2CCCCC2)n2ncnc2n1. The van der Waals surface area contributed by atoms with Crippen molar-refractivity contribution < 1.29 is 0 Å². The Balaban J connectivity index is 1.58. The molecule has 0 amide bonds. The summed E-state index contributed by atoms with van der Waals surface area (Å²) < 4.78 is 1.75. The van der Waals surface area contributed by atoms with Crippen LogP contribution in [0.4, 0.5) is 11.5 Å². The van der Waals surface area contributed by atoms with Gasteiger partial charge in [-0.3, -0.25) is 0 Å². The number of benzene rings is 1. The Morgan fingerprint density at radius 3 is 2.83 bits per heavy atom. The Kier molecular flexibility index (Phi) is 4.02. The van der Waals surface area contributed by atoms with Crippen molar-refractivity contribution in [3.8, 4) is 0 Å². The largest absolute Gasteiger partial charge is 0.371 e. The van der Waals surface area contributed by atoms with Crippen LogP contribution in [0.25, 0.3) is 5.78 Å². The minimum Gasteiger partial charge on any atom is -0.371 e. The lowest BCUT2D eigenvalue weighted by atomic mass is 10.1. The molecule has 1 fully saturated rings. The molecule has 0 saturated carbocycles. The third-order valence-electron chi connectivity index (χ3n) is 4.53. The highest BCUT2D eigenvalue weighted by Gasteiger charge is 2.14. The van der Waals surface area contributed by atoms with Crippen LogP contribution in [0.3, 0.4) is 0 Å². The second kappa shape index (κ2) is 6.47. The van der Waals surface area contributed by atoms with E-state index in [4.69, 9.17) is 0 Å². The molecule has 1 aromatic carbocycles. The van der Waals surface area contributed by atoms with Crippen LogP contribution < -0.4 is 10.2 Å². The summed E-state index contributed by atoms with van der Waals surface area (Å²) >= 11 is 0. The van der Waals surface area contributed by atoms with E-state index in [9.17, 15) is 0 Å². The summed E-state index contributed by atoms with van der Waals surface area (Å²) in [6, 6.07) is 10.7. The van der Waals surface area contributed by atoms with Gasteiger partial charge in [-0.25, -0.2) is 4.98 Å². The third kappa shape index (κ3) is 2.91. The van der Waals surface area contributed by atoms with Gasteiger partial charge in [0.1, 0.15) is 12.1 Å². The van der Waals surface area contributed by atoms with E-state index in [1.54, 1.807) is 4.52 Å². The van der Waals surface area contributed by atoms with Crippen LogP contribution in [0, 0.1) is 6.92 Å². The molecule has 1 aliphatic heterocycles. The molecule has 0 bridgehead atoms. The summed E-state index contributed by atoms with van der Waals surface area (Å²) in [5.41, 5.74) is 3.58. The molecule has 1 aliphatic rings. The highest BCUT2D eigenvalue weighted by Crippen LogP contribution is 2.25. The fourth-order valence-electron chi connectivity index (χ4n) is 3.35. The van der Waals surface area contributed by atoms with E-state index in [0.717, 1.165) is 31.1 Å². The molecular formula is C18H22N6. The smallest absolute Gasteiger partial charge is 0.254 e. The molecule has 0 unspecified atom stereocenters. The van der Waals surface area contributed by atoms with E-state index in [0.29, 0.717) is 5.78 Å². The second-order valence-corrected chi connectivity index (χ2v) is 6.28. The number of fused-ring (bicyclic) bond motifs is 1. The van der Waals surface area contributed by atoms with Gasteiger partial charge < -0.3 is 10.2 Å². The first-order valence-electron chi connectivity index (χ1n) is 8.55. The van der Waals surface area contributed by atoms with Gasteiger partial charge in [-0.1, -0.05) is 18.2 Å². The molecular weight excluding hydrogens is 300 g/mol. The summed E-state index contributed by atoms with van der Waals surface area (Å²) in [4.78, 5) is 11.1.